The first kappa shape index (κ1) is 34.3. The van der Waals surface area contributed by atoms with E-state index in [9.17, 15) is 5.11 Å². The number of aliphatic hydroxyl groups excluding tert-OH is 1. The summed E-state index contributed by atoms with van der Waals surface area (Å²) in [5.41, 5.74) is 8.09. The van der Waals surface area contributed by atoms with Crippen LogP contribution in [0, 0.1) is 0 Å². The van der Waals surface area contributed by atoms with Crippen molar-refractivity contribution < 1.29 is 5.11 Å². The Morgan fingerprint density at radius 2 is 1.15 bits per heavy atom. The molecule has 0 aliphatic carbocycles. The number of nitrogens with two attached hydrogens (primary N) is 1. The molecule has 0 spiro atoms. The fourth-order valence-electron chi connectivity index (χ4n) is 6.13. The SMILES string of the molecule is CCCCCCCCCCCCCCCCCCC(CNCCN)(c1ccccc1)N(CCO)c1ccccc1. The number of hydrogen-bond donors (Lipinski definition) is 3. The lowest BCUT2D eigenvalue weighted by Crippen LogP contribution is -2.54. The van der Waals surface area contributed by atoms with E-state index in [4.69, 9.17) is 5.73 Å². The van der Waals surface area contributed by atoms with Crippen molar-refractivity contribution in [3.8, 4) is 0 Å². The van der Waals surface area contributed by atoms with Crippen LogP contribution >= 0.6 is 0 Å². The van der Waals surface area contributed by atoms with Gasteiger partial charge in [-0.25, -0.2) is 0 Å². The number of rotatable bonds is 26. The Hall–Kier alpha value is -1.88. The normalized spacial score (nSPS) is 12.9. The molecule has 0 aliphatic rings. The molecule has 0 aliphatic heterocycles. The highest BCUT2D eigenvalue weighted by molar-refractivity contribution is 5.52. The Bertz CT molecular complexity index is 815. The smallest absolute Gasteiger partial charge is 0.0778 e. The maximum absolute atomic E-state index is 10.1. The second kappa shape index (κ2) is 22.8. The van der Waals surface area contributed by atoms with Gasteiger partial charge in [-0.3, -0.25) is 0 Å². The molecule has 0 bridgehead atoms. The monoisotopic (exact) mass is 551 g/mol. The van der Waals surface area contributed by atoms with Gasteiger partial charge in [0.05, 0.1) is 12.1 Å². The lowest BCUT2D eigenvalue weighted by Gasteiger charge is -2.46. The fourth-order valence-corrected chi connectivity index (χ4v) is 6.13. The van der Waals surface area contributed by atoms with Crippen molar-refractivity contribution in [3.05, 3.63) is 66.2 Å². The average Bonchev–Trinajstić information content (AvgIpc) is 3.00. The molecule has 226 valence electrons. The van der Waals surface area contributed by atoms with E-state index in [0.29, 0.717) is 13.1 Å². The summed E-state index contributed by atoms with van der Waals surface area (Å²) in [7, 11) is 0. The Morgan fingerprint density at radius 1 is 0.675 bits per heavy atom. The molecule has 0 saturated heterocycles. The molecule has 2 aromatic carbocycles. The van der Waals surface area contributed by atoms with E-state index in [0.717, 1.165) is 25.2 Å². The predicted octanol–water partition coefficient (Wildman–Crippen LogP) is 8.58. The number of nitrogens with one attached hydrogen (secondary N) is 1. The highest BCUT2D eigenvalue weighted by Crippen LogP contribution is 2.37. The first-order valence-corrected chi connectivity index (χ1v) is 16.7. The van der Waals surface area contributed by atoms with Gasteiger partial charge < -0.3 is 21.1 Å². The third kappa shape index (κ3) is 13.2. The fraction of sp³-hybridized carbons (Fsp3) is 0.667. The van der Waals surface area contributed by atoms with Gasteiger partial charge in [0.2, 0.25) is 0 Å². The van der Waals surface area contributed by atoms with Gasteiger partial charge in [-0.2, -0.15) is 0 Å². The molecule has 0 aromatic heterocycles. The summed E-state index contributed by atoms with van der Waals surface area (Å²) < 4.78 is 0. The van der Waals surface area contributed by atoms with Gasteiger partial charge >= 0.3 is 0 Å². The number of hydrogen-bond acceptors (Lipinski definition) is 4. The molecule has 0 fully saturated rings. The molecule has 4 heteroatoms. The highest BCUT2D eigenvalue weighted by Gasteiger charge is 2.37. The van der Waals surface area contributed by atoms with Crippen molar-refractivity contribution in [1.29, 1.82) is 0 Å². The number of unbranched alkanes of at least 4 members (excludes halogenated alkanes) is 15. The Labute approximate surface area is 247 Å². The van der Waals surface area contributed by atoms with E-state index in [-0.39, 0.29) is 12.1 Å². The summed E-state index contributed by atoms with van der Waals surface area (Å²) in [6.45, 7) is 5.23. The molecular weight excluding hydrogens is 490 g/mol. The molecule has 0 heterocycles. The first-order valence-electron chi connectivity index (χ1n) is 16.7. The topological polar surface area (TPSA) is 61.5 Å². The maximum Gasteiger partial charge on any atom is 0.0778 e. The highest BCUT2D eigenvalue weighted by atomic mass is 16.3. The molecule has 1 atom stereocenters. The maximum atomic E-state index is 10.1. The molecule has 2 rings (SSSR count). The standard InChI is InChI=1S/C36H61N3O/c1-2-3-4-5-6-7-8-9-10-11-12-13-14-15-16-23-28-36(33-38-30-29-37,34-24-19-17-20-25-34)39(31-32-40)35-26-21-18-22-27-35/h17-22,24-27,38,40H,2-16,23,28-33,37H2,1H3. The molecule has 2 aromatic rings. The van der Waals surface area contributed by atoms with Crippen molar-refractivity contribution in [3.63, 3.8) is 0 Å². The van der Waals surface area contributed by atoms with E-state index in [1.807, 2.05) is 0 Å². The molecule has 4 nitrogen and oxygen atoms in total. The lowest BCUT2D eigenvalue weighted by atomic mass is 9.81. The molecule has 4 N–H and O–H groups in total. The van der Waals surface area contributed by atoms with Gasteiger partial charge in [-0.15, -0.1) is 0 Å². The summed E-state index contributed by atoms with van der Waals surface area (Å²) >= 11 is 0. The van der Waals surface area contributed by atoms with E-state index >= 15 is 0 Å². The van der Waals surface area contributed by atoms with Crippen LogP contribution in [0.15, 0.2) is 60.7 Å². The van der Waals surface area contributed by atoms with Crippen molar-refractivity contribution in [2.75, 3.05) is 37.7 Å². The Morgan fingerprint density at radius 3 is 1.62 bits per heavy atom. The Kier molecular flexibility index (Phi) is 19.5. The van der Waals surface area contributed by atoms with Gasteiger partial charge in [0.15, 0.2) is 0 Å². The van der Waals surface area contributed by atoms with Gasteiger partial charge in [0.25, 0.3) is 0 Å². The minimum atomic E-state index is -0.240. The number of anilines is 1. The van der Waals surface area contributed by atoms with Crippen molar-refractivity contribution in [2.24, 2.45) is 5.73 Å². The zero-order valence-corrected chi connectivity index (χ0v) is 25.8. The second-order valence-corrected chi connectivity index (χ2v) is 11.6. The van der Waals surface area contributed by atoms with Crippen LogP contribution in [0.3, 0.4) is 0 Å². The lowest BCUT2D eigenvalue weighted by molar-refractivity contribution is 0.266. The number of nitrogens with zero attached hydrogens (tertiary/aromatic N) is 1. The molecule has 0 amide bonds. The van der Waals surface area contributed by atoms with Gasteiger partial charge in [-0.1, -0.05) is 158 Å². The van der Waals surface area contributed by atoms with Gasteiger partial charge in [0.1, 0.15) is 0 Å². The molecular formula is C36H61N3O. The van der Waals surface area contributed by atoms with E-state index in [1.165, 1.54) is 108 Å². The third-order valence-corrected chi connectivity index (χ3v) is 8.40. The summed E-state index contributed by atoms with van der Waals surface area (Å²) in [4.78, 5) is 2.43. The first-order chi connectivity index (χ1) is 19.8. The van der Waals surface area contributed by atoms with E-state index < -0.39 is 0 Å². The summed E-state index contributed by atoms with van der Waals surface area (Å²) in [5.74, 6) is 0. The number of aliphatic hydroxyl groups is 1. The van der Waals surface area contributed by atoms with Crippen molar-refractivity contribution in [1.82, 2.24) is 5.32 Å². The van der Waals surface area contributed by atoms with Crippen LogP contribution < -0.4 is 16.0 Å². The third-order valence-electron chi connectivity index (χ3n) is 8.40. The number of benzene rings is 2. The summed E-state index contributed by atoms with van der Waals surface area (Å²) in [5, 5.41) is 13.7. The zero-order chi connectivity index (χ0) is 28.6. The number of para-hydroxylation sites is 1. The van der Waals surface area contributed by atoms with Crippen LogP contribution in [-0.4, -0.2) is 37.9 Å². The van der Waals surface area contributed by atoms with Crippen molar-refractivity contribution >= 4 is 5.69 Å². The zero-order valence-electron chi connectivity index (χ0n) is 25.8. The largest absolute Gasteiger partial charge is 0.395 e. The second-order valence-electron chi connectivity index (χ2n) is 11.6. The predicted molar refractivity (Wildman–Crippen MR) is 175 cm³/mol. The van der Waals surface area contributed by atoms with Crippen molar-refractivity contribution in [2.45, 2.75) is 122 Å². The van der Waals surface area contributed by atoms with E-state index in [1.54, 1.807) is 0 Å². The van der Waals surface area contributed by atoms with Crippen LogP contribution in [0.2, 0.25) is 0 Å². The molecule has 0 saturated carbocycles. The van der Waals surface area contributed by atoms with Gasteiger partial charge in [-0.05, 0) is 24.1 Å². The molecule has 0 radical (unpaired) electrons. The van der Waals surface area contributed by atoms with Crippen LogP contribution in [0.4, 0.5) is 5.69 Å². The minimum absolute atomic E-state index is 0.124. The average molecular weight is 552 g/mol. The van der Waals surface area contributed by atoms with Crippen LogP contribution in [0.25, 0.3) is 0 Å². The molecule has 1 unspecified atom stereocenters. The van der Waals surface area contributed by atoms with Gasteiger partial charge in [0, 0.05) is 31.9 Å². The molecule has 40 heavy (non-hydrogen) atoms. The quantitative estimate of drug-likeness (QED) is 0.102. The summed E-state index contributed by atoms with van der Waals surface area (Å²) in [6.07, 6.45) is 23.1. The van der Waals surface area contributed by atoms with Crippen LogP contribution in [0.5, 0.6) is 0 Å². The Balaban J connectivity index is 1.83. The summed E-state index contributed by atoms with van der Waals surface area (Å²) in [6, 6.07) is 21.5. The van der Waals surface area contributed by atoms with E-state index in [2.05, 4.69) is 77.8 Å². The minimum Gasteiger partial charge on any atom is -0.395 e. The van der Waals surface area contributed by atoms with Crippen LogP contribution in [0.1, 0.15) is 122 Å². The van der Waals surface area contributed by atoms with Crippen LogP contribution in [-0.2, 0) is 5.54 Å².